The van der Waals surface area contributed by atoms with Gasteiger partial charge in [-0.15, -0.1) is 0 Å². The molecule has 3 rings (SSSR count). The highest BCUT2D eigenvalue weighted by Crippen LogP contribution is 2.14. The summed E-state index contributed by atoms with van der Waals surface area (Å²) in [5, 5.41) is 3.09. The molecule has 174 valence electrons. The Labute approximate surface area is 191 Å². The molecule has 33 heavy (non-hydrogen) atoms. The molecule has 0 aliphatic carbocycles. The Morgan fingerprint density at radius 1 is 0.879 bits per heavy atom. The van der Waals surface area contributed by atoms with Crippen molar-refractivity contribution in [3.63, 3.8) is 0 Å². The van der Waals surface area contributed by atoms with E-state index in [1.54, 1.807) is 26.4 Å². The Bertz CT molecular complexity index is 1210. The number of methoxy groups -OCH3 is 2. The lowest BCUT2D eigenvalue weighted by Gasteiger charge is -2.17. The fraction of sp³-hybridized carbons (Fsp3) is 0.261. The van der Waals surface area contributed by atoms with Gasteiger partial charge in [0.2, 0.25) is 0 Å². The van der Waals surface area contributed by atoms with Gasteiger partial charge < -0.3 is 26.3 Å². The SMILES string of the molecule is COc1ccc(Cn2c(NCCN=C(N)N)cc(=O)n(Cc3ccc(OC)cc3)c2=O)cc1. The minimum atomic E-state index is -0.432. The number of nitrogens with one attached hydrogen (secondary N) is 1. The fourth-order valence-corrected chi connectivity index (χ4v) is 3.26. The molecule has 0 saturated carbocycles. The third kappa shape index (κ3) is 6.16. The molecule has 0 spiro atoms. The number of anilines is 1. The predicted molar refractivity (Wildman–Crippen MR) is 128 cm³/mol. The first-order valence-electron chi connectivity index (χ1n) is 10.3. The van der Waals surface area contributed by atoms with Gasteiger partial charge in [-0.2, -0.15) is 0 Å². The summed E-state index contributed by atoms with van der Waals surface area (Å²) in [7, 11) is 3.17. The molecule has 0 fully saturated rings. The van der Waals surface area contributed by atoms with Crippen molar-refractivity contribution < 1.29 is 9.47 Å². The van der Waals surface area contributed by atoms with Gasteiger partial charge >= 0.3 is 5.69 Å². The van der Waals surface area contributed by atoms with E-state index in [2.05, 4.69) is 10.3 Å². The number of nitrogens with zero attached hydrogens (tertiary/aromatic N) is 3. The van der Waals surface area contributed by atoms with Gasteiger partial charge in [-0.3, -0.25) is 18.9 Å². The van der Waals surface area contributed by atoms with Gasteiger partial charge in [-0.25, -0.2) is 4.79 Å². The van der Waals surface area contributed by atoms with E-state index in [0.717, 1.165) is 11.1 Å². The lowest BCUT2D eigenvalue weighted by atomic mass is 10.2. The molecule has 0 unspecified atom stereocenters. The highest BCUT2D eigenvalue weighted by molar-refractivity contribution is 5.75. The van der Waals surface area contributed by atoms with E-state index >= 15 is 0 Å². The van der Waals surface area contributed by atoms with Crippen LogP contribution in [0, 0.1) is 0 Å². The largest absolute Gasteiger partial charge is 0.497 e. The average Bonchev–Trinajstić information content (AvgIpc) is 2.82. The van der Waals surface area contributed by atoms with Crippen molar-refractivity contribution in [2.45, 2.75) is 13.1 Å². The Kier molecular flexibility index (Phi) is 7.74. The molecule has 10 heteroatoms. The number of nitrogens with two attached hydrogens (primary N) is 2. The minimum Gasteiger partial charge on any atom is -0.497 e. The zero-order valence-corrected chi connectivity index (χ0v) is 18.7. The highest BCUT2D eigenvalue weighted by atomic mass is 16.5. The van der Waals surface area contributed by atoms with Gasteiger partial charge in [-0.1, -0.05) is 24.3 Å². The number of rotatable bonds is 10. The van der Waals surface area contributed by atoms with Crippen LogP contribution in [-0.4, -0.2) is 42.4 Å². The van der Waals surface area contributed by atoms with E-state index in [0.29, 0.717) is 30.4 Å². The molecule has 1 aromatic heterocycles. The third-order valence-electron chi connectivity index (χ3n) is 4.99. The number of aromatic nitrogens is 2. The summed E-state index contributed by atoms with van der Waals surface area (Å²) in [4.78, 5) is 30.1. The number of ether oxygens (including phenoxy) is 2. The normalized spacial score (nSPS) is 10.5. The fourth-order valence-electron chi connectivity index (χ4n) is 3.26. The van der Waals surface area contributed by atoms with Crippen LogP contribution in [0.3, 0.4) is 0 Å². The number of aliphatic imine (C=N–C) groups is 1. The van der Waals surface area contributed by atoms with Crippen molar-refractivity contribution in [3.05, 3.63) is 86.6 Å². The van der Waals surface area contributed by atoms with Crippen molar-refractivity contribution in [2.75, 3.05) is 32.6 Å². The van der Waals surface area contributed by atoms with E-state index in [1.807, 2.05) is 36.4 Å². The number of hydrogen-bond acceptors (Lipinski definition) is 6. The minimum absolute atomic E-state index is 0.0256. The quantitative estimate of drug-likeness (QED) is 0.235. The summed E-state index contributed by atoms with van der Waals surface area (Å²) >= 11 is 0. The standard InChI is InChI=1S/C23H28N6O4/c1-32-18-7-3-16(4-8-18)14-28-20(26-11-12-27-22(24)25)13-21(30)29(23(28)31)15-17-5-9-19(33-2)10-6-17/h3-10,13,26H,11-12,14-15H2,1-2H3,(H4,24,25,27). The van der Waals surface area contributed by atoms with Crippen molar-refractivity contribution >= 4 is 11.8 Å². The lowest BCUT2D eigenvalue weighted by Crippen LogP contribution is -2.41. The van der Waals surface area contributed by atoms with E-state index in [4.69, 9.17) is 20.9 Å². The van der Waals surface area contributed by atoms with Crippen molar-refractivity contribution in [1.29, 1.82) is 0 Å². The maximum Gasteiger partial charge on any atom is 0.333 e. The van der Waals surface area contributed by atoms with Gasteiger partial charge in [0.1, 0.15) is 17.3 Å². The molecule has 0 aliphatic heterocycles. The summed E-state index contributed by atoms with van der Waals surface area (Å²) in [5.74, 6) is 1.77. The first-order valence-corrected chi connectivity index (χ1v) is 10.3. The predicted octanol–water partition coefficient (Wildman–Crippen LogP) is 0.809. The highest BCUT2D eigenvalue weighted by Gasteiger charge is 2.13. The van der Waals surface area contributed by atoms with Crippen molar-refractivity contribution in [2.24, 2.45) is 16.5 Å². The van der Waals surface area contributed by atoms with Gasteiger partial charge in [0.15, 0.2) is 5.96 Å². The monoisotopic (exact) mass is 452 g/mol. The smallest absolute Gasteiger partial charge is 0.333 e. The van der Waals surface area contributed by atoms with Gasteiger partial charge in [0.25, 0.3) is 5.56 Å². The van der Waals surface area contributed by atoms with Crippen LogP contribution in [0.25, 0.3) is 0 Å². The topological polar surface area (TPSA) is 139 Å². The Hall–Kier alpha value is -4.21. The summed E-state index contributed by atoms with van der Waals surface area (Å²) in [5.41, 5.74) is 11.6. The van der Waals surface area contributed by atoms with Crippen LogP contribution < -0.4 is 37.5 Å². The zero-order chi connectivity index (χ0) is 23.8. The maximum atomic E-state index is 13.4. The Morgan fingerprint density at radius 2 is 1.39 bits per heavy atom. The maximum absolute atomic E-state index is 13.4. The second-order valence-corrected chi connectivity index (χ2v) is 7.25. The van der Waals surface area contributed by atoms with Crippen LogP contribution >= 0.6 is 0 Å². The van der Waals surface area contributed by atoms with Crippen LogP contribution in [0.1, 0.15) is 11.1 Å². The molecule has 5 N–H and O–H groups in total. The summed E-state index contributed by atoms with van der Waals surface area (Å²) < 4.78 is 13.1. The molecule has 3 aromatic rings. The van der Waals surface area contributed by atoms with E-state index in [9.17, 15) is 9.59 Å². The van der Waals surface area contributed by atoms with Gasteiger partial charge in [0.05, 0.1) is 33.9 Å². The molecule has 10 nitrogen and oxygen atoms in total. The summed E-state index contributed by atoms with van der Waals surface area (Å²) in [6.45, 7) is 1.05. The first kappa shape index (κ1) is 23.5. The first-order chi connectivity index (χ1) is 15.9. The van der Waals surface area contributed by atoms with Gasteiger partial charge in [-0.05, 0) is 35.4 Å². The van der Waals surface area contributed by atoms with E-state index in [1.165, 1.54) is 15.2 Å². The molecule has 0 atom stereocenters. The number of hydrogen-bond donors (Lipinski definition) is 3. The molecular weight excluding hydrogens is 424 g/mol. The molecule has 0 radical (unpaired) electrons. The summed E-state index contributed by atoms with van der Waals surface area (Å²) in [6, 6.07) is 16.0. The number of benzene rings is 2. The second kappa shape index (κ2) is 10.9. The van der Waals surface area contributed by atoms with Crippen LogP contribution in [0.5, 0.6) is 11.5 Å². The van der Waals surface area contributed by atoms with Crippen molar-refractivity contribution in [3.8, 4) is 11.5 Å². The van der Waals surface area contributed by atoms with Crippen LogP contribution in [0.2, 0.25) is 0 Å². The molecular formula is C23H28N6O4. The summed E-state index contributed by atoms with van der Waals surface area (Å²) in [6.07, 6.45) is 0. The third-order valence-corrected chi connectivity index (χ3v) is 4.99. The second-order valence-electron chi connectivity index (χ2n) is 7.25. The Balaban J connectivity index is 1.96. The average molecular weight is 453 g/mol. The van der Waals surface area contributed by atoms with Crippen LogP contribution in [0.15, 0.2) is 69.2 Å². The molecule has 1 heterocycles. The van der Waals surface area contributed by atoms with Crippen LogP contribution in [0.4, 0.5) is 5.82 Å². The zero-order valence-electron chi connectivity index (χ0n) is 18.7. The van der Waals surface area contributed by atoms with Crippen molar-refractivity contribution in [1.82, 2.24) is 9.13 Å². The molecule has 0 amide bonds. The van der Waals surface area contributed by atoms with Crippen LogP contribution in [-0.2, 0) is 13.1 Å². The van der Waals surface area contributed by atoms with E-state index in [-0.39, 0.29) is 19.0 Å². The lowest BCUT2D eigenvalue weighted by molar-refractivity contribution is 0.414. The Morgan fingerprint density at radius 3 is 1.88 bits per heavy atom. The molecule has 2 aromatic carbocycles. The molecule has 0 bridgehead atoms. The van der Waals surface area contributed by atoms with E-state index < -0.39 is 11.2 Å². The molecule has 0 aliphatic rings. The van der Waals surface area contributed by atoms with Gasteiger partial charge in [0, 0.05) is 12.6 Å². The number of guanidine groups is 1. The molecule has 0 saturated heterocycles.